The van der Waals surface area contributed by atoms with E-state index >= 15 is 0 Å². The number of hydrogen-bond donors (Lipinski definition) is 1. The third-order valence-electron chi connectivity index (χ3n) is 2.47. The lowest BCUT2D eigenvalue weighted by Crippen LogP contribution is -2.12. The summed E-state index contributed by atoms with van der Waals surface area (Å²) < 4.78 is 5.07. The highest BCUT2D eigenvalue weighted by Crippen LogP contribution is 2.28. The zero-order valence-electron chi connectivity index (χ0n) is 10.3. The van der Waals surface area contributed by atoms with E-state index < -0.39 is 0 Å². The van der Waals surface area contributed by atoms with Crippen LogP contribution >= 0.6 is 34.8 Å². The summed E-state index contributed by atoms with van der Waals surface area (Å²) >= 11 is 17.4. The number of nitrogens with one attached hydrogen (secondary N) is 1. The van der Waals surface area contributed by atoms with Crippen molar-refractivity contribution in [2.45, 2.75) is 0 Å². The molecule has 1 aromatic carbocycles. The molecular weight excluding hydrogens is 323 g/mol. The molecule has 20 heavy (non-hydrogen) atoms. The number of carbonyl (C=O) groups excluding carboxylic acids is 1. The van der Waals surface area contributed by atoms with Crippen molar-refractivity contribution in [2.75, 3.05) is 12.4 Å². The summed E-state index contributed by atoms with van der Waals surface area (Å²) in [4.78, 5) is 15.9. The number of carbonyl (C=O) groups is 1. The molecule has 0 radical (unpaired) electrons. The summed E-state index contributed by atoms with van der Waals surface area (Å²) in [6.45, 7) is 0. The summed E-state index contributed by atoms with van der Waals surface area (Å²) in [6, 6.07) is 6.35. The normalized spacial score (nSPS) is 10.2. The maximum atomic E-state index is 12.0. The largest absolute Gasteiger partial charge is 0.495 e. The van der Waals surface area contributed by atoms with Gasteiger partial charge in [0.05, 0.1) is 22.7 Å². The van der Waals surface area contributed by atoms with Crippen LogP contribution in [0.5, 0.6) is 5.75 Å². The van der Waals surface area contributed by atoms with E-state index in [9.17, 15) is 4.79 Å². The fourth-order valence-corrected chi connectivity index (χ4v) is 1.95. The predicted molar refractivity (Wildman–Crippen MR) is 80.2 cm³/mol. The number of ether oxygens (including phenoxy) is 1. The number of benzene rings is 1. The molecule has 0 fully saturated rings. The molecule has 1 N–H and O–H groups in total. The second-order valence-electron chi connectivity index (χ2n) is 3.80. The molecule has 0 saturated carbocycles. The number of methoxy groups -OCH3 is 1. The van der Waals surface area contributed by atoms with E-state index in [1.54, 1.807) is 18.2 Å². The van der Waals surface area contributed by atoms with Gasteiger partial charge in [-0.1, -0.05) is 34.8 Å². The van der Waals surface area contributed by atoms with Gasteiger partial charge >= 0.3 is 0 Å². The highest BCUT2D eigenvalue weighted by molar-refractivity contribution is 6.41. The van der Waals surface area contributed by atoms with Crippen LogP contribution in [-0.2, 0) is 0 Å². The van der Waals surface area contributed by atoms with Gasteiger partial charge < -0.3 is 10.1 Å². The maximum Gasteiger partial charge on any atom is 0.257 e. The van der Waals surface area contributed by atoms with Gasteiger partial charge in [0, 0.05) is 18.0 Å². The van der Waals surface area contributed by atoms with Crippen molar-refractivity contribution in [3.8, 4) is 5.75 Å². The van der Waals surface area contributed by atoms with E-state index in [-0.39, 0.29) is 16.1 Å². The molecule has 0 aliphatic heterocycles. The minimum absolute atomic E-state index is 0.149. The topological polar surface area (TPSA) is 51.2 Å². The highest BCUT2D eigenvalue weighted by atomic mass is 35.5. The van der Waals surface area contributed by atoms with Gasteiger partial charge in [0.15, 0.2) is 0 Å². The Labute approximate surface area is 130 Å². The van der Waals surface area contributed by atoms with E-state index in [4.69, 9.17) is 39.5 Å². The van der Waals surface area contributed by atoms with Gasteiger partial charge in [-0.25, -0.2) is 4.98 Å². The second-order valence-corrected chi connectivity index (χ2v) is 4.97. The van der Waals surface area contributed by atoms with E-state index in [1.807, 2.05) is 0 Å². The molecule has 104 valence electrons. The van der Waals surface area contributed by atoms with Crippen LogP contribution in [0.15, 0.2) is 30.5 Å². The molecular formula is C13H9Cl3N2O2. The first kappa shape index (κ1) is 14.9. The molecule has 0 unspecified atom stereocenters. The number of aromatic nitrogens is 1. The lowest BCUT2D eigenvalue weighted by Gasteiger charge is -2.08. The summed E-state index contributed by atoms with van der Waals surface area (Å²) in [6.07, 6.45) is 1.34. The Hall–Kier alpha value is -1.49. The molecule has 0 atom stereocenters. The third kappa shape index (κ3) is 3.33. The summed E-state index contributed by atoms with van der Waals surface area (Å²) in [5, 5.41) is 3.51. The minimum atomic E-state index is -0.361. The van der Waals surface area contributed by atoms with Crippen molar-refractivity contribution in [3.63, 3.8) is 0 Å². The average Bonchev–Trinajstić information content (AvgIpc) is 2.43. The van der Waals surface area contributed by atoms with Crippen LogP contribution in [0.2, 0.25) is 15.2 Å². The number of nitrogens with zero attached hydrogens (tertiary/aromatic N) is 1. The first-order chi connectivity index (χ1) is 9.51. The molecule has 2 rings (SSSR count). The van der Waals surface area contributed by atoms with Crippen LogP contribution < -0.4 is 10.1 Å². The van der Waals surface area contributed by atoms with Crippen molar-refractivity contribution in [1.29, 1.82) is 0 Å². The second kappa shape index (κ2) is 6.31. The first-order valence-corrected chi connectivity index (χ1v) is 6.60. The van der Waals surface area contributed by atoms with Crippen molar-refractivity contribution >= 4 is 46.4 Å². The molecule has 0 aliphatic carbocycles. The molecule has 1 amide bonds. The Bertz CT molecular complexity index is 662. The van der Waals surface area contributed by atoms with Gasteiger partial charge in [-0.15, -0.1) is 0 Å². The summed E-state index contributed by atoms with van der Waals surface area (Å²) in [5.74, 6) is 0.108. The van der Waals surface area contributed by atoms with Gasteiger partial charge in [-0.05, 0) is 18.2 Å². The van der Waals surface area contributed by atoms with Crippen LogP contribution in [0.3, 0.4) is 0 Å². The molecule has 0 aliphatic rings. The maximum absolute atomic E-state index is 12.0. The monoisotopic (exact) mass is 330 g/mol. The number of halogens is 3. The number of amides is 1. The molecule has 1 heterocycles. The molecule has 7 heteroatoms. The number of anilines is 1. The van der Waals surface area contributed by atoms with E-state index in [2.05, 4.69) is 10.3 Å². The number of pyridine rings is 1. The molecule has 0 bridgehead atoms. The number of rotatable bonds is 3. The summed E-state index contributed by atoms with van der Waals surface area (Å²) in [5.41, 5.74) is 0.843. The van der Waals surface area contributed by atoms with Gasteiger partial charge in [-0.3, -0.25) is 4.79 Å². The fourth-order valence-electron chi connectivity index (χ4n) is 1.49. The lowest BCUT2D eigenvalue weighted by atomic mass is 10.2. The van der Waals surface area contributed by atoms with Gasteiger partial charge in [0.1, 0.15) is 10.9 Å². The first-order valence-electron chi connectivity index (χ1n) is 5.47. The van der Waals surface area contributed by atoms with Crippen LogP contribution in [0.1, 0.15) is 10.4 Å². The van der Waals surface area contributed by atoms with Gasteiger partial charge in [0.25, 0.3) is 5.91 Å². The SMILES string of the molecule is COc1cc(NC(=O)c2cnc(Cl)c(Cl)c2)ccc1Cl. The van der Waals surface area contributed by atoms with Crippen LogP contribution in [0, 0.1) is 0 Å². The van der Waals surface area contributed by atoms with Gasteiger partial charge in [-0.2, -0.15) is 0 Å². The molecule has 0 spiro atoms. The predicted octanol–water partition coefficient (Wildman–Crippen LogP) is 4.30. The Morgan fingerprint density at radius 1 is 1.20 bits per heavy atom. The quantitative estimate of drug-likeness (QED) is 0.853. The zero-order chi connectivity index (χ0) is 14.7. The highest BCUT2D eigenvalue weighted by Gasteiger charge is 2.10. The van der Waals surface area contributed by atoms with E-state index in [1.165, 1.54) is 19.4 Å². The fraction of sp³-hybridized carbons (Fsp3) is 0.0769. The van der Waals surface area contributed by atoms with Crippen LogP contribution in [-0.4, -0.2) is 18.0 Å². The Balaban J connectivity index is 2.21. The summed E-state index contributed by atoms with van der Waals surface area (Å²) in [7, 11) is 1.50. The average molecular weight is 332 g/mol. The smallest absolute Gasteiger partial charge is 0.257 e. The van der Waals surface area contributed by atoms with Crippen molar-refractivity contribution in [3.05, 3.63) is 51.2 Å². The lowest BCUT2D eigenvalue weighted by molar-refractivity contribution is 0.102. The van der Waals surface area contributed by atoms with Gasteiger partial charge in [0.2, 0.25) is 0 Å². The Kier molecular flexibility index (Phi) is 4.70. The molecule has 0 saturated heterocycles. The van der Waals surface area contributed by atoms with E-state index in [0.717, 1.165) is 0 Å². The van der Waals surface area contributed by atoms with Crippen molar-refractivity contribution < 1.29 is 9.53 Å². The zero-order valence-corrected chi connectivity index (χ0v) is 12.6. The molecule has 2 aromatic rings. The molecule has 4 nitrogen and oxygen atoms in total. The molecule has 1 aromatic heterocycles. The van der Waals surface area contributed by atoms with Crippen molar-refractivity contribution in [2.24, 2.45) is 0 Å². The van der Waals surface area contributed by atoms with Crippen molar-refractivity contribution in [1.82, 2.24) is 4.98 Å². The third-order valence-corrected chi connectivity index (χ3v) is 3.47. The standard InChI is InChI=1S/C13H9Cl3N2O2/c1-20-11-5-8(2-3-9(11)14)18-13(19)7-4-10(15)12(16)17-6-7/h2-6H,1H3,(H,18,19). The van der Waals surface area contributed by atoms with Crippen LogP contribution in [0.25, 0.3) is 0 Å². The Morgan fingerprint density at radius 3 is 2.60 bits per heavy atom. The minimum Gasteiger partial charge on any atom is -0.495 e. The van der Waals surface area contributed by atoms with Crippen LogP contribution in [0.4, 0.5) is 5.69 Å². The Morgan fingerprint density at radius 2 is 1.95 bits per heavy atom. The number of hydrogen-bond acceptors (Lipinski definition) is 3. The van der Waals surface area contributed by atoms with E-state index in [0.29, 0.717) is 22.0 Å².